The van der Waals surface area contributed by atoms with Gasteiger partial charge in [0.25, 0.3) is 0 Å². The van der Waals surface area contributed by atoms with Gasteiger partial charge in [-0.1, -0.05) is 0 Å². The number of hydrogen-bond donors (Lipinski definition) is 3. The van der Waals surface area contributed by atoms with Gasteiger partial charge in [-0.3, -0.25) is 4.79 Å². The largest absolute Gasteiger partial charge is 0.480 e. The van der Waals surface area contributed by atoms with Crippen LogP contribution in [0.5, 0.6) is 0 Å². The third-order valence-electron chi connectivity index (χ3n) is 2.53. The number of likely N-dealkylation sites (tertiary alicyclic amines) is 1. The third kappa shape index (κ3) is 3.06. The van der Waals surface area contributed by atoms with Crippen LogP contribution in [0.1, 0.15) is 6.42 Å². The maximum absolute atomic E-state index is 11.8. The van der Waals surface area contributed by atoms with E-state index in [9.17, 15) is 19.5 Å². The van der Waals surface area contributed by atoms with E-state index in [0.29, 0.717) is 0 Å². The summed E-state index contributed by atoms with van der Waals surface area (Å²) in [6, 6.07) is -1.69. The fourth-order valence-electron chi connectivity index (χ4n) is 1.78. The zero-order valence-corrected chi connectivity index (χ0v) is 9.37. The van der Waals surface area contributed by atoms with Crippen molar-refractivity contribution in [1.82, 2.24) is 9.80 Å². The summed E-state index contributed by atoms with van der Waals surface area (Å²) in [6.07, 6.45) is -0.868. The molecule has 1 rings (SSSR count). The summed E-state index contributed by atoms with van der Waals surface area (Å²) < 4.78 is 0. The first kappa shape index (κ1) is 13.2. The molecule has 0 aromatic heterocycles. The van der Waals surface area contributed by atoms with Crippen molar-refractivity contribution < 1.29 is 24.6 Å². The highest BCUT2D eigenvalue weighted by Gasteiger charge is 2.40. The van der Waals surface area contributed by atoms with E-state index in [0.717, 1.165) is 9.80 Å². The molecule has 2 atom stereocenters. The molecule has 0 aromatic rings. The van der Waals surface area contributed by atoms with Gasteiger partial charge in [0.1, 0.15) is 12.6 Å². The number of urea groups is 1. The van der Waals surface area contributed by atoms with Crippen LogP contribution in [0.2, 0.25) is 0 Å². The van der Waals surface area contributed by atoms with Gasteiger partial charge in [-0.05, 0) is 0 Å². The Kier molecular flexibility index (Phi) is 3.89. The molecule has 4 N–H and O–H groups in total. The average Bonchev–Trinajstić information content (AvgIpc) is 2.58. The van der Waals surface area contributed by atoms with Crippen molar-refractivity contribution in [2.24, 2.45) is 5.73 Å². The summed E-state index contributed by atoms with van der Waals surface area (Å²) in [5, 5.41) is 18.3. The van der Waals surface area contributed by atoms with Gasteiger partial charge in [0.05, 0.1) is 6.10 Å². The van der Waals surface area contributed by atoms with Crippen LogP contribution in [0, 0.1) is 0 Å². The van der Waals surface area contributed by atoms with Gasteiger partial charge in [0.2, 0.25) is 5.91 Å². The molecule has 2 unspecified atom stereocenters. The molecule has 1 saturated heterocycles. The topological polar surface area (TPSA) is 124 Å². The van der Waals surface area contributed by atoms with Crippen LogP contribution in [0.15, 0.2) is 0 Å². The number of carbonyl (C=O) groups excluding carboxylic acids is 2. The SMILES string of the molecule is CN(CC(N)=O)C(=O)N1CC(O)CC1C(=O)O. The molecule has 0 radical (unpaired) electrons. The van der Waals surface area contributed by atoms with Crippen molar-refractivity contribution in [2.45, 2.75) is 18.6 Å². The van der Waals surface area contributed by atoms with Crippen LogP contribution in [-0.4, -0.2) is 70.2 Å². The smallest absolute Gasteiger partial charge is 0.326 e. The van der Waals surface area contributed by atoms with Crippen LogP contribution >= 0.6 is 0 Å². The number of aliphatic hydroxyl groups is 1. The van der Waals surface area contributed by atoms with Gasteiger partial charge in [-0.2, -0.15) is 0 Å². The molecule has 17 heavy (non-hydrogen) atoms. The number of carboxylic acids is 1. The number of β-amino-alcohol motifs (C(OH)–C–C–N with tert-alkyl or cyclic N) is 1. The highest BCUT2D eigenvalue weighted by molar-refractivity contribution is 5.86. The summed E-state index contributed by atoms with van der Waals surface area (Å²) in [6.45, 7) is -0.351. The molecule has 8 heteroatoms. The van der Waals surface area contributed by atoms with E-state index >= 15 is 0 Å². The Morgan fingerprint density at radius 3 is 2.53 bits per heavy atom. The lowest BCUT2D eigenvalue weighted by atomic mass is 10.2. The highest BCUT2D eigenvalue weighted by Crippen LogP contribution is 2.19. The van der Waals surface area contributed by atoms with Crippen LogP contribution in [0.3, 0.4) is 0 Å². The minimum atomic E-state index is -1.18. The van der Waals surface area contributed by atoms with E-state index in [1.807, 2.05) is 0 Å². The molecule has 1 heterocycles. The second-order valence-corrected chi connectivity index (χ2v) is 4.00. The molecular weight excluding hydrogens is 230 g/mol. The molecule has 0 spiro atoms. The summed E-state index contributed by atoms with van der Waals surface area (Å²) in [4.78, 5) is 35.4. The average molecular weight is 245 g/mol. The molecule has 0 saturated carbocycles. The molecule has 1 aliphatic heterocycles. The van der Waals surface area contributed by atoms with Crippen LogP contribution in [0.4, 0.5) is 4.79 Å². The summed E-state index contributed by atoms with van der Waals surface area (Å²) in [5.74, 6) is -1.87. The van der Waals surface area contributed by atoms with Crippen molar-refractivity contribution in [3.63, 3.8) is 0 Å². The molecule has 96 valence electrons. The second-order valence-electron chi connectivity index (χ2n) is 4.00. The Balaban J connectivity index is 2.73. The van der Waals surface area contributed by atoms with E-state index in [1.54, 1.807) is 0 Å². The fraction of sp³-hybridized carbons (Fsp3) is 0.667. The van der Waals surface area contributed by atoms with Gasteiger partial charge >= 0.3 is 12.0 Å². The van der Waals surface area contributed by atoms with Crippen molar-refractivity contribution in [3.05, 3.63) is 0 Å². The number of nitrogens with two attached hydrogens (primary N) is 1. The predicted octanol–water partition coefficient (Wildman–Crippen LogP) is -1.96. The zero-order chi connectivity index (χ0) is 13.2. The first-order chi connectivity index (χ1) is 7.82. The quantitative estimate of drug-likeness (QED) is 0.532. The number of aliphatic carboxylic acids is 1. The van der Waals surface area contributed by atoms with E-state index in [1.165, 1.54) is 7.05 Å². The van der Waals surface area contributed by atoms with Crippen LogP contribution in [-0.2, 0) is 9.59 Å². The Bertz CT molecular complexity index is 346. The van der Waals surface area contributed by atoms with E-state index in [2.05, 4.69) is 0 Å². The van der Waals surface area contributed by atoms with Crippen LogP contribution < -0.4 is 5.73 Å². The number of carbonyl (C=O) groups is 3. The van der Waals surface area contributed by atoms with Crippen molar-refractivity contribution in [2.75, 3.05) is 20.1 Å². The predicted molar refractivity (Wildman–Crippen MR) is 56.0 cm³/mol. The molecule has 1 fully saturated rings. The molecular formula is C9H15N3O5. The van der Waals surface area contributed by atoms with E-state index < -0.39 is 30.1 Å². The number of carboxylic acid groups (broad SMARTS) is 1. The number of likely N-dealkylation sites (N-methyl/N-ethyl adjacent to an activating group) is 1. The maximum atomic E-state index is 11.8. The lowest BCUT2D eigenvalue weighted by Crippen LogP contribution is -2.48. The normalized spacial score (nSPS) is 23.5. The number of nitrogens with zero attached hydrogens (tertiary/aromatic N) is 2. The van der Waals surface area contributed by atoms with Crippen molar-refractivity contribution in [1.29, 1.82) is 0 Å². The van der Waals surface area contributed by atoms with E-state index in [4.69, 9.17) is 10.8 Å². The summed E-state index contributed by atoms with van der Waals surface area (Å²) in [5.41, 5.74) is 4.93. The Morgan fingerprint density at radius 2 is 2.06 bits per heavy atom. The fourth-order valence-corrected chi connectivity index (χ4v) is 1.78. The minimum absolute atomic E-state index is 0.00845. The molecule has 0 aliphatic carbocycles. The molecule has 0 bridgehead atoms. The monoisotopic (exact) mass is 245 g/mol. The standard InChI is InChI=1S/C9H15N3O5/c1-11(4-7(10)14)9(17)12-3-5(13)2-6(12)8(15)16/h5-6,13H,2-4H2,1H3,(H2,10,14)(H,15,16). The second kappa shape index (κ2) is 5.00. The summed E-state index contributed by atoms with van der Waals surface area (Å²) >= 11 is 0. The number of amides is 3. The Morgan fingerprint density at radius 1 is 1.47 bits per heavy atom. The summed E-state index contributed by atoms with van der Waals surface area (Å²) in [7, 11) is 1.34. The lowest BCUT2D eigenvalue weighted by Gasteiger charge is -2.26. The van der Waals surface area contributed by atoms with Gasteiger partial charge in [-0.15, -0.1) is 0 Å². The maximum Gasteiger partial charge on any atom is 0.326 e. The Hall–Kier alpha value is -1.83. The van der Waals surface area contributed by atoms with Gasteiger partial charge in [-0.25, -0.2) is 9.59 Å². The van der Waals surface area contributed by atoms with Crippen molar-refractivity contribution >= 4 is 17.9 Å². The molecule has 3 amide bonds. The molecule has 1 aliphatic rings. The highest BCUT2D eigenvalue weighted by atomic mass is 16.4. The van der Waals surface area contributed by atoms with Gasteiger partial charge in [0.15, 0.2) is 0 Å². The number of rotatable bonds is 3. The Labute approximate surface area is 97.6 Å². The van der Waals surface area contributed by atoms with Gasteiger partial charge < -0.3 is 25.7 Å². The van der Waals surface area contributed by atoms with Crippen molar-refractivity contribution in [3.8, 4) is 0 Å². The molecule has 8 nitrogen and oxygen atoms in total. The van der Waals surface area contributed by atoms with Gasteiger partial charge in [0, 0.05) is 20.0 Å². The number of aliphatic hydroxyl groups excluding tert-OH is 1. The first-order valence-corrected chi connectivity index (χ1v) is 5.03. The first-order valence-electron chi connectivity index (χ1n) is 5.03. The lowest BCUT2D eigenvalue weighted by molar-refractivity contribution is -0.141. The molecule has 0 aromatic carbocycles. The zero-order valence-electron chi connectivity index (χ0n) is 9.37. The number of primary amides is 1. The minimum Gasteiger partial charge on any atom is -0.480 e. The van der Waals surface area contributed by atoms with Crippen LogP contribution in [0.25, 0.3) is 0 Å². The number of hydrogen-bond acceptors (Lipinski definition) is 4. The van der Waals surface area contributed by atoms with E-state index in [-0.39, 0.29) is 19.5 Å². The third-order valence-corrected chi connectivity index (χ3v) is 2.53.